The van der Waals surface area contributed by atoms with Crippen molar-refractivity contribution in [3.63, 3.8) is 0 Å². The third-order valence-corrected chi connectivity index (χ3v) is 4.87. The third-order valence-electron chi connectivity index (χ3n) is 4.29. The number of ether oxygens (including phenoxy) is 2. The molecule has 0 aliphatic carbocycles. The number of hydrogen-bond donors (Lipinski definition) is 0. The first kappa shape index (κ1) is 15.8. The van der Waals surface area contributed by atoms with Crippen molar-refractivity contribution in [3.05, 3.63) is 45.4 Å². The second-order valence-electron chi connectivity index (χ2n) is 5.86. The standard InChI is InChI=1S/C17H17IN2O4/c18-16-4-3-14(24-16)17(21)20-7-5-19(6-8-20)10-12-1-2-13-15(9-12)23-11-22-13/h1-4,9H,5-8,10-11H2. The van der Waals surface area contributed by atoms with Crippen LogP contribution in [-0.2, 0) is 6.54 Å². The summed E-state index contributed by atoms with van der Waals surface area (Å²) in [6.45, 7) is 4.25. The van der Waals surface area contributed by atoms with Crippen LogP contribution in [0.5, 0.6) is 11.5 Å². The molecule has 2 aliphatic heterocycles. The van der Waals surface area contributed by atoms with Crippen LogP contribution in [0, 0.1) is 3.77 Å². The molecule has 1 fully saturated rings. The van der Waals surface area contributed by atoms with Gasteiger partial charge < -0.3 is 18.8 Å². The Balaban J connectivity index is 1.34. The van der Waals surface area contributed by atoms with Crippen molar-refractivity contribution >= 4 is 28.5 Å². The maximum atomic E-state index is 12.4. The Hall–Kier alpha value is -1.74. The molecule has 1 saturated heterocycles. The topological polar surface area (TPSA) is 55.2 Å². The number of carbonyl (C=O) groups excluding carboxylic acids is 1. The highest BCUT2D eigenvalue weighted by Crippen LogP contribution is 2.32. The van der Waals surface area contributed by atoms with Gasteiger partial charge in [-0.1, -0.05) is 6.07 Å². The number of benzene rings is 1. The molecule has 0 bridgehead atoms. The van der Waals surface area contributed by atoms with Gasteiger partial charge in [-0.2, -0.15) is 0 Å². The zero-order chi connectivity index (χ0) is 16.5. The SMILES string of the molecule is O=C(c1ccc(I)o1)N1CCN(Cc2ccc3c(c2)OCO3)CC1. The van der Waals surface area contributed by atoms with Crippen LogP contribution >= 0.6 is 22.6 Å². The van der Waals surface area contributed by atoms with Crippen LogP contribution in [-0.4, -0.2) is 48.7 Å². The number of nitrogens with zero attached hydrogens (tertiary/aromatic N) is 2. The summed E-state index contributed by atoms with van der Waals surface area (Å²) in [6, 6.07) is 9.60. The number of amides is 1. The van der Waals surface area contributed by atoms with E-state index in [0.29, 0.717) is 25.6 Å². The highest BCUT2D eigenvalue weighted by atomic mass is 127. The lowest BCUT2D eigenvalue weighted by Gasteiger charge is -2.34. The molecule has 0 unspecified atom stereocenters. The minimum Gasteiger partial charge on any atom is -0.454 e. The number of halogens is 1. The molecule has 0 N–H and O–H groups in total. The number of carbonyl (C=O) groups is 1. The van der Waals surface area contributed by atoms with Gasteiger partial charge in [0.05, 0.1) is 0 Å². The minimum atomic E-state index is -0.0272. The summed E-state index contributed by atoms with van der Waals surface area (Å²) < 4.78 is 16.9. The molecule has 24 heavy (non-hydrogen) atoms. The Kier molecular flexibility index (Phi) is 4.36. The molecule has 1 amide bonds. The molecular formula is C17H17IN2O4. The van der Waals surface area contributed by atoms with Crippen molar-refractivity contribution in [3.8, 4) is 11.5 Å². The molecule has 0 saturated carbocycles. The maximum absolute atomic E-state index is 12.4. The van der Waals surface area contributed by atoms with Crippen LogP contribution in [0.15, 0.2) is 34.7 Å². The van der Waals surface area contributed by atoms with Gasteiger partial charge in [0.25, 0.3) is 5.91 Å². The molecule has 0 spiro atoms. The smallest absolute Gasteiger partial charge is 0.289 e. The first-order chi connectivity index (χ1) is 11.7. The molecule has 2 aromatic rings. The molecule has 2 aliphatic rings. The highest BCUT2D eigenvalue weighted by molar-refractivity contribution is 14.1. The van der Waals surface area contributed by atoms with Crippen LogP contribution in [0.2, 0.25) is 0 Å². The summed E-state index contributed by atoms with van der Waals surface area (Å²) >= 11 is 2.07. The Morgan fingerprint density at radius 1 is 1.04 bits per heavy atom. The molecule has 1 aromatic carbocycles. The summed E-state index contributed by atoms with van der Waals surface area (Å²) in [5, 5.41) is 0. The largest absolute Gasteiger partial charge is 0.454 e. The third kappa shape index (κ3) is 3.23. The summed E-state index contributed by atoms with van der Waals surface area (Å²) in [7, 11) is 0. The summed E-state index contributed by atoms with van der Waals surface area (Å²) in [6.07, 6.45) is 0. The van der Waals surface area contributed by atoms with Gasteiger partial charge in [-0.3, -0.25) is 9.69 Å². The van der Waals surface area contributed by atoms with Gasteiger partial charge in [0.15, 0.2) is 21.0 Å². The van der Waals surface area contributed by atoms with Crippen molar-refractivity contribution < 1.29 is 18.7 Å². The van der Waals surface area contributed by atoms with Crippen LogP contribution in [0.25, 0.3) is 0 Å². The van der Waals surface area contributed by atoms with Crippen molar-refractivity contribution in [2.75, 3.05) is 33.0 Å². The molecular weight excluding hydrogens is 423 g/mol. The Bertz CT molecular complexity index is 753. The maximum Gasteiger partial charge on any atom is 0.289 e. The van der Waals surface area contributed by atoms with Gasteiger partial charge in [-0.25, -0.2) is 0 Å². The van der Waals surface area contributed by atoms with Crippen molar-refractivity contribution in [2.45, 2.75) is 6.54 Å². The first-order valence-electron chi connectivity index (χ1n) is 7.84. The van der Waals surface area contributed by atoms with E-state index < -0.39 is 0 Å². The molecule has 6 nitrogen and oxygen atoms in total. The van der Waals surface area contributed by atoms with Crippen LogP contribution in [0.3, 0.4) is 0 Å². The van der Waals surface area contributed by atoms with E-state index in [-0.39, 0.29) is 5.91 Å². The monoisotopic (exact) mass is 440 g/mol. The molecule has 7 heteroatoms. The van der Waals surface area contributed by atoms with Crippen molar-refractivity contribution in [2.24, 2.45) is 0 Å². The average Bonchev–Trinajstić information content (AvgIpc) is 3.23. The average molecular weight is 440 g/mol. The molecule has 0 atom stereocenters. The fourth-order valence-corrected chi connectivity index (χ4v) is 3.41. The number of fused-ring (bicyclic) bond motifs is 1. The normalized spacial score (nSPS) is 17.3. The first-order valence-corrected chi connectivity index (χ1v) is 8.92. The van der Waals surface area contributed by atoms with E-state index in [1.807, 2.05) is 23.1 Å². The van der Waals surface area contributed by atoms with E-state index in [1.54, 1.807) is 6.07 Å². The van der Waals surface area contributed by atoms with E-state index in [9.17, 15) is 4.79 Å². The van der Waals surface area contributed by atoms with Crippen LogP contribution < -0.4 is 9.47 Å². The van der Waals surface area contributed by atoms with Crippen LogP contribution in [0.4, 0.5) is 0 Å². The zero-order valence-corrected chi connectivity index (χ0v) is 15.2. The lowest BCUT2D eigenvalue weighted by molar-refractivity contribution is 0.0596. The Morgan fingerprint density at radius 2 is 1.83 bits per heavy atom. The summed E-state index contributed by atoms with van der Waals surface area (Å²) in [4.78, 5) is 16.6. The summed E-state index contributed by atoms with van der Waals surface area (Å²) in [5.41, 5.74) is 1.19. The molecule has 3 heterocycles. The predicted octanol–water partition coefficient (Wildman–Crippen LogP) is 2.57. The van der Waals surface area contributed by atoms with E-state index >= 15 is 0 Å². The Morgan fingerprint density at radius 3 is 2.58 bits per heavy atom. The van der Waals surface area contributed by atoms with Crippen LogP contribution in [0.1, 0.15) is 16.1 Å². The van der Waals surface area contributed by atoms with E-state index in [1.165, 1.54) is 5.56 Å². The van der Waals surface area contributed by atoms with Crippen molar-refractivity contribution in [1.82, 2.24) is 9.80 Å². The minimum absolute atomic E-state index is 0.0272. The second-order valence-corrected chi connectivity index (χ2v) is 6.92. The quantitative estimate of drug-likeness (QED) is 0.687. The lowest BCUT2D eigenvalue weighted by atomic mass is 10.1. The van der Waals surface area contributed by atoms with Gasteiger partial charge in [0.1, 0.15) is 0 Å². The predicted molar refractivity (Wildman–Crippen MR) is 95.2 cm³/mol. The molecule has 4 rings (SSSR count). The van der Waals surface area contributed by atoms with Gasteiger partial charge in [0.2, 0.25) is 6.79 Å². The Labute approximate surface area is 153 Å². The van der Waals surface area contributed by atoms with Gasteiger partial charge >= 0.3 is 0 Å². The number of rotatable bonds is 3. The van der Waals surface area contributed by atoms with Gasteiger partial charge in [-0.15, -0.1) is 0 Å². The van der Waals surface area contributed by atoms with E-state index in [4.69, 9.17) is 13.9 Å². The fourth-order valence-electron chi connectivity index (χ4n) is 2.99. The lowest BCUT2D eigenvalue weighted by Crippen LogP contribution is -2.48. The van der Waals surface area contributed by atoms with E-state index in [2.05, 4.69) is 33.6 Å². The van der Waals surface area contributed by atoms with Crippen molar-refractivity contribution in [1.29, 1.82) is 0 Å². The highest BCUT2D eigenvalue weighted by Gasteiger charge is 2.24. The molecule has 126 valence electrons. The summed E-state index contributed by atoms with van der Waals surface area (Å²) in [5.74, 6) is 2.01. The second kappa shape index (κ2) is 6.64. The fraction of sp³-hybridized carbons (Fsp3) is 0.353. The number of piperazine rings is 1. The number of hydrogen-bond acceptors (Lipinski definition) is 5. The number of furan rings is 1. The van der Waals surface area contributed by atoms with Gasteiger partial charge in [0, 0.05) is 32.7 Å². The zero-order valence-electron chi connectivity index (χ0n) is 13.0. The molecule has 0 radical (unpaired) electrons. The van der Waals surface area contributed by atoms with E-state index in [0.717, 1.165) is 34.9 Å². The van der Waals surface area contributed by atoms with Gasteiger partial charge in [-0.05, 0) is 52.4 Å². The molecule has 1 aromatic heterocycles.